The third-order valence-corrected chi connectivity index (χ3v) is 4.34. The highest BCUT2D eigenvalue weighted by molar-refractivity contribution is 5.11. The van der Waals surface area contributed by atoms with Gasteiger partial charge in [-0.3, -0.25) is 4.90 Å². The first-order valence-electron chi connectivity index (χ1n) is 8.37. The molecule has 2 aromatic rings. The molecule has 1 atom stereocenters. The molecule has 1 N–H and O–H groups in total. The Kier molecular flexibility index (Phi) is 4.21. The second kappa shape index (κ2) is 5.93. The molecule has 1 aliphatic rings. The minimum Gasteiger partial charge on any atom is -0.382 e. The summed E-state index contributed by atoms with van der Waals surface area (Å²) in [7, 11) is 0. The highest BCUT2D eigenvalue weighted by atomic mass is 16.5. The van der Waals surface area contributed by atoms with Crippen LogP contribution in [0.3, 0.4) is 0 Å². The fourth-order valence-electron chi connectivity index (χ4n) is 2.77. The van der Waals surface area contributed by atoms with Crippen molar-refractivity contribution >= 4 is 0 Å². The van der Waals surface area contributed by atoms with E-state index in [-0.39, 0.29) is 11.5 Å². The minimum atomic E-state index is -0.972. The number of aliphatic hydroxyl groups is 1. The molecular formula is C16H26N6O2. The van der Waals surface area contributed by atoms with E-state index in [1.807, 2.05) is 40.8 Å². The van der Waals surface area contributed by atoms with Gasteiger partial charge in [0.15, 0.2) is 5.82 Å². The summed E-state index contributed by atoms with van der Waals surface area (Å²) in [5, 5.41) is 23.2. The predicted molar refractivity (Wildman–Crippen MR) is 87.2 cm³/mol. The second-order valence-electron chi connectivity index (χ2n) is 7.93. The van der Waals surface area contributed by atoms with Crippen molar-refractivity contribution in [3.63, 3.8) is 0 Å². The molecule has 0 amide bonds. The van der Waals surface area contributed by atoms with Gasteiger partial charge in [-0.25, -0.2) is 4.68 Å². The number of hydrogen-bond donors (Lipinski definition) is 1. The number of likely N-dealkylation sites (tertiary alicyclic amines) is 1. The Balaban J connectivity index is 1.67. The summed E-state index contributed by atoms with van der Waals surface area (Å²) < 4.78 is 7.11. The summed E-state index contributed by atoms with van der Waals surface area (Å²) in [5.41, 5.74) is -0.484. The van der Waals surface area contributed by atoms with E-state index in [0.29, 0.717) is 36.9 Å². The van der Waals surface area contributed by atoms with Crippen molar-refractivity contribution in [2.24, 2.45) is 0 Å². The van der Waals surface area contributed by atoms with Gasteiger partial charge in [0.2, 0.25) is 5.89 Å². The smallest absolute Gasteiger partial charge is 0.240 e. The van der Waals surface area contributed by atoms with Crippen molar-refractivity contribution in [2.45, 2.75) is 64.6 Å². The van der Waals surface area contributed by atoms with Crippen molar-refractivity contribution in [3.8, 4) is 0 Å². The lowest BCUT2D eigenvalue weighted by molar-refractivity contribution is 0.0397. The van der Waals surface area contributed by atoms with Crippen LogP contribution in [-0.2, 0) is 17.6 Å². The third-order valence-electron chi connectivity index (χ3n) is 4.34. The average Bonchev–Trinajstić information content (AvgIpc) is 3.18. The Morgan fingerprint density at radius 2 is 2.12 bits per heavy atom. The molecule has 132 valence electrons. The summed E-state index contributed by atoms with van der Waals surface area (Å²) >= 11 is 0. The molecule has 0 spiro atoms. The molecule has 8 heteroatoms. The molecule has 0 bridgehead atoms. The van der Waals surface area contributed by atoms with Gasteiger partial charge in [0, 0.05) is 24.5 Å². The van der Waals surface area contributed by atoms with Crippen molar-refractivity contribution in [3.05, 3.63) is 23.6 Å². The molecule has 3 rings (SSSR count). The van der Waals surface area contributed by atoms with Gasteiger partial charge in [-0.1, -0.05) is 31.1 Å². The molecule has 0 aliphatic carbocycles. The van der Waals surface area contributed by atoms with Crippen molar-refractivity contribution < 1.29 is 9.63 Å². The average molecular weight is 334 g/mol. The molecule has 0 saturated carbocycles. The lowest BCUT2D eigenvalue weighted by Gasteiger charge is -2.20. The Labute approximate surface area is 141 Å². The van der Waals surface area contributed by atoms with E-state index in [2.05, 4.69) is 25.4 Å². The molecular weight excluding hydrogens is 308 g/mol. The highest BCUT2D eigenvalue weighted by Crippen LogP contribution is 2.31. The fourth-order valence-corrected chi connectivity index (χ4v) is 2.77. The Hall–Kier alpha value is -1.80. The molecule has 8 nitrogen and oxygen atoms in total. The normalized spacial score (nSPS) is 22.6. The number of hydrogen-bond acceptors (Lipinski definition) is 7. The zero-order chi connectivity index (χ0) is 17.5. The first-order valence-corrected chi connectivity index (χ1v) is 8.37. The molecule has 3 heterocycles. The van der Waals surface area contributed by atoms with E-state index >= 15 is 0 Å². The summed E-state index contributed by atoms with van der Waals surface area (Å²) in [6, 6.07) is 0.224. The number of rotatable bonds is 4. The summed E-state index contributed by atoms with van der Waals surface area (Å²) in [5.74, 6) is 1.28. The van der Waals surface area contributed by atoms with E-state index in [4.69, 9.17) is 4.52 Å². The Morgan fingerprint density at radius 1 is 1.38 bits per heavy atom. The van der Waals surface area contributed by atoms with E-state index in [0.717, 1.165) is 6.54 Å². The zero-order valence-electron chi connectivity index (χ0n) is 15.0. The van der Waals surface area contributed by atoms with E-state index in [9.17, 15) is 5.11 Å². The monoisotopic (exact) mass is 334 g/mol. The van der Waals surface area contributed by atoms with Gasteiger partial charge in [0.05, 0.1) is 12.7 Å². The zero-order valence-corrected chi connectivity index (χ0v) is 15.0. The van der Waals surface area contributed by atoms with Crippen LogP contribution in [0.25, 0.3) is 0 Å². The Bertz CT molecular complexity index is 701. The summed E-state index contributed by atoms with van der Waals surface area (Å²) in [6.45, 7) is 12.0. The van der Waals surface area contributed by atoms with Crippen LogP contribution in [-0.4, -0.2) is 48.2 Å². The van der Waals surface area contributed by atoms with Crippen molar-refractivity contribution in [2.75, 3.05) is 13.1 Å². The van der Waals surface area contributed by atoms with Gasteiger partial charge in [-0.05, 0) is 20.3 Å². The predicted octanol–water partition coefficient (Wildman–Crippen LogP) is 1.63. The van der Waals surface area contributed by atoms with Crippen molar-refractivity contribution in [1.29, 1.82) is 0 Å². The SMILES string of the molecule is CC(C)n1cc([C@@]2(O)CCN(Cc3nc(C(C)(C)C)no3)C2)nn1. The summed E-state index contributed by atoms with van der Waals surface area (Å²) in [4.78, 5) is 6.57. The molecule has 1 fully saturated rings. The maximum Gasteiger partial charge on any atom is 0.240 e. The molecule has 24 heavy (non-hydrogen) atoms. The fraction of sp³-hybridized carbons (Fsp3) is 0.750. The molecule has 2 aromatic heterocycles. The lowest BCUT2D eigenvalue weighted by atomic mass is 9.96. The quantitative estimate of drug-likeness (QED) is 0.908. The molecule has 0 aromatic carbocycles. The standard InChI is InChI=1S/C16H26N6O2/c1-11(2)22-8-12(18-20-22)16(23)6-7-21(10-16)9-13-17-14(19-24-13)15(3,4)5/h8,11,23H,6-7,9-10H2,1-5H3/t16-/m1/s1. The largest absolute Gasteiger partial charge is 0.382 e. The molecule has 1 aliphatic heterocycles. The molecule has 0 radical (unpaired) electrons. The van der Waals surface area contributed by atoms with Crippen LogP contribution in [0.1, 0.15) is 64.5 Å². The number of aromatic nitrogens is 5. The van der Waals surface area contributed by atoms with Gasteiger partial charge in [0.1, 0.15) is 11.3 Å². The van der Waals surface area contributed by atoms with Crippen LogP contribution in [0.15, 0.2) is 10.7 Å². The van der Waals surface area contributed by atoms with Crippen LogP contribution >= 0.6 is 0 Å². The maximum absolute atomic E-state index is 10.9. The minimum absolute atomic E-state index is 0.136. The molecule has 1 saturated heterocycles. The third kappa shape index (κ3) is 3.34. The first-order chi connectivity index (χ1) is 11.2. The highest BCUT2D eigenvalue weighted by Gasteiger charge is 2.40. The van der Waals surface area contributed by atoms with Gasteiger partial charge >= 0.3 is 0 Å². The molecule has 0 unspecified atom stereocenters. The summed E-state index contributed by atoms with van der Waals surface area (Å²) in [6.07, 6.45) is 2.45. The number of nitrogens with zero attached hydrogens (tertiary/aromatic N) is 6. The van der Waals surface area contributed by atoms with E-state index in [1.54, 1.807) is 4.68 Å². The second-order valence-corrected chi connectivity index (χ2v) is 7.93. The topological polar surface area (TPSA) is 93.1 Å². The van der Waals surface area contributed by atoms with Gasteiger partial charge in [0.25, 0.3) is 0 Å². The van der Waals surface area contributed by atoms with Crippen LogP contribution in [0.4, 0.5) is 0 Å². The number of β-amino-alcohol motifs (C(OH)–C–C–N with tert-alkyl or cyclic N) is 1. The van der Waals surface area contributed by atoms with Gasteiger partial charge < -0.3 is 9.63 Å². The van der Waals surface area contributed by atoms with E-state index < -0.39 is 5.60 Å². The van der Waals surface area contributed by atoms with Crippen LogP contribution < -0.4 is 0 Å². The first kappa shape index (κ1) is 17.0. The van der Waals surface area contributed by atoms with Crippen LogP contribution in [0.5, 0.6) is 0 Å². The van der Waals surface area contributed by atoms with Crippen molar-refractivity contribution in [1.82, 2.24) is 30.0 Å². The Morgan fingerprint density at radius 3 is 2.71 bits per heavy atom. The van der Waals surface area contributed by atoms with Gasteiger partial charge in [-0.15, -0.1) is 5.10 Å². The van der Waals surface area contributed by atoms with Gasteiger partial charge in [-0.2, -0.15) is 4.98 Å². The van der Waals surface area contributed by atoms with Crippen LogP contribution in [0.2, 0.25) is 0 Å². The van der Waals surface area contributed by atoms with Crippen LogP contribution in [0, 0.1) is 0 Å². The maximum atomic E-state index is 10.9. The lowest BCUT2D eigenvalue weighted by Crippen LogP contribution is -2.31. The van der Waals surface area contributed by atoms with E-state index in [1.165, 1.54) is 0 Å².